The third-order valence-electron chi connectivity index (χ3n) is 4.56. The summed E-state index contributed by atoms with van der Waals surface area (Å²) in [6.07, 6.45) is 3.24. The van der Waals surface area contributed by atoms with Crippen molar-refractivity contribution in [2.24, 2.45) is 0 Å². The van der Waals surface area contributed by atoms with Crippen LogP contribution >= 0.6 is 11.3 Å². The minimum atomic E-state index is -0.0930. The first-order chi connectivity index (χ1) is 13.8. The third kappa shape index (κ3) is 2.93. The summed E-state index contributed by atoms with van der Waals surface area (Å²) in [7, 11) is 0. The van der Waals surface area contributed by atoms with Gasteiger partial charge < -0.3 is 4.42 Å². The van der Waals surface area contributed by atoms with Gasteiger partial charge in [-0.1, -0.05) is 60.7 Å². The van der Waals surface area contributed by atoms with Crippen molar-refractivity contribution >= 4 is 21.6 Å². The van der Waals surface area contributed by atoms with Gasteiger partial charge in [0.2, 0.25) is 5.89 Å². The van der Waals surface area contributed by atoms with Crippen molar-refractivity contribution in [3.63, 3.8) is 0 Å². The van der Waals surface area contributed by atoms with Crippen LogP contribution in [0.4, 0.5) is 0 Å². The van der Waals surface area contributed by atoms with Crippen molar-refractivity contribution in [1.82, 2.24) is 14.5 Å². The first-order valence-electron chi connectivity index (χ1n) is 8.82. The van der Waals surface area contributed by atoms with Gasteiger partial charge in [-0.15, -0.1) is 11.3 Å². The lowest BCUT2D eigenvalue weighted by molar-refractivity contribution is 0.484. The quantitative estimate of drug-likeness (QED) is 0.445. The second kappa shape index (κ2) is 6.90. The molecule has 5 nitrogen and oxygen atoms in total. The minimum absolute atomic E-state index is 0.0930. The smallest absolute Gasteiger partial charge is 0.263 e. The third-order valence-corrected chi connectivity index (χ3v) is 5.45. The highest BCUT2D eigenvalue weighted by atomic mass is 32.1. The normalized spacial score (nSPS) is 11.1. The van der Waals surface area contributed by atoms with Gasteiger partial charge in [0.1, 0.15) is 11.4 Å². The molecule has 3 aromatic heterocycles. The van der Waals surface area contributed by atoms with Crippen LogP contribution in [0.15, 0.2) is 87.8 Å². The number of hydrogen-bond donors (Lipinski definition) is 0. The molecule has 136 valence electrons. The maximum absolute atomic E-state index is 13.1. The van der Waals surface area contributed by atoms with E-state index in [0.29, 0.717) is 17.0 Å². The van der Waals surface area contributed by atoms with Crippen molar-refractivity contribution in [1.29, 1.82) is 0 Å². The second-order valence-electron chi connectivity index (χ2n) is 6.36. The topological polar surface area (TPSA) is 60.9 Å². The molecule has 0 unspecified atom stereocenters. The van der Waals surface area contributed by atoms with Gasteiger partial charge in [-0.05, 0) is 5.56 Å². The molecule has 0 fully saturated rings. The molecule has 0 radical (unpaired) electrons. The van der Waals surface area contributed by atoms with Crippen molar-refractivity contribution < 1.29 is 4.42 Å². The summed E-state index contributed by atoms with van der Waals surface area (Å²) in [4.78, 5) is 22.6. The zero-order valence-corrected chi connectivity index (χ0v) is 15.6. The van der Waals surface area contributed by atoms with Crippen molar-refractivity contribution in [3.8, 4) is 22.5 Å². The Balaban J connectivity index is 1.53. The van der Waals surface area contributed by atoms with Gasteiger partial charge in [-0.3, -0.25) is 9.36 Å². The lowest BCUT2D eigenvalue weighted by atomic mass is 10.1. The molecule has 0 amide bonds. The summed E-state index contributed by atoms with van der Waals surface area (Å²) in [6.45, 7) is 0.235. The minimum Gasteiger partial charge on any atom is -0.439 e. The molecule has 0 aliphatic heterocycles. The highest BCUT2D eigenvalue weighted by molar-refractivity contribution is 7.17. The van der Waals surface area contributed by atoms with Crippen LogP contribution in [0, 0.1) is 0 Å². The highest BCUT2D eigenvalue weighted by Gasteiger charge is 2.14. The number of oxazole rings is 1. The Morgan fingerprint density at radius 1 is 0.929 bits per heavy atom. The van der Waals surface area contributed by atoms with Crippen LogP contribution in [0.1, 0.15) is 5.89 Å². The zero-order valence-electron chi connectivity index (χ0n) is 14.8. The SMILES string of the molecule is O=c1c2c(-c3ccccc3)csc2ncn1Cc1ncc(-c2ccccc2)o1. The molecular formula is C22H15N3O2S. The Morgan fingerprint density at radius 2 is 1.64 bits per heavy atom. The van der Waals surface area contributed by atoms with Crippen LogP contribution in [-0.2, 0) is 6.54 Å². The molecule has 2 aromatic carbocycles. The van der Waals surface area contributed by atoms with Gasteiger partial charge in [-0.25, -0.2) is 9.97 Å². The lowest BCUT2D eigenvalue weighted by Crippen LogP contribution is -2.21. The van der Waals surface area contributed by atoms with E-state index in [9.17, 15) is 4.79 Å². The van der Waals surface area contributed by atoms with E-state index in [1.165, 1.54) is 11.3 Å². The van der Waals surface area contributed by atoms with Crippen LogP contribution in [0.5, 0.6) is 0 Å². The Bertz CT molecular complexity index is 1300. The van der Waals surface area contributed by atoms with Gasteiger partial charge >= 0.3 is 0 Å². The number of nitrogens with zero attached hydrogens (tertiary/aromatic N) is 3. The number of fused-ring (bicyclic) bond motifs is 1. The van der Waals surface area contributed by atoms with Crippen LogP contribution in [-0.4, -0.2) is 14.5 Å². The van der Waals surface area contributed by atoms with Crippen LogP contribution in [0.3, 0.4) is 0 Å². The summed E-state index contributed by atoms with van der Waals surface area (Å²) in [5.41, 5.74) is 2.77. The lowest BCUT2D eigenvalue weighted by Gasteiger charge is -2.04. The van der Waals surface area contributed by atoms with Crippen LogP contribution in [0.2, 0.25) is 0 Å². The number of hydrogen-bond acceptors (Lipinski definition) is 5. The molecule has 28 heavy (non-hydrogen) atoms. The summed E-state index contributed by atoms with van der Waals surface area (Å²) < 4.78 is 7.38. The summed E-state index contributed by atoms with van der Waals surface area (Å²) in [5, 5.41) is 2.62. The first-order valence-corrected chi connectivity index (χ1v) is 9.70. The van der Waals surface area contributed by atoms with Crippen LogP contribution in [0.25, 0.3) is 32.7 Å². The molecule has 0 N–H and O–H groups in total. The molecule has 0 aliphatic rings. The van der Waals surface area contributed by atoms with E-state index in [1.807, 2.05) is 66.0 Å². The molecule has 0 saturated heterocycles. The number of benzene rings is 2. The second-order valence-corrected chi connectivity index (χ2v) is 7.22. The molecule has 0 spiro atoms. The zero-order chi connectivity index (χ0) is 18.9. The highest BCUT2D eigenvalue weighted by Crippen LogP contribution is 2.30. The predicted octanol–water partition coefficient (Wildman–Crippen LogP) is 4.83. The van der Waals surface area contributed by atoms with E-state index < -0.39 is 0 Å². The van der Waals surface area contributed by atoms with E-state index in [1.54, 1.807) is 17.1 Å². The summed E-state index contributed by atoms with van der Waals surface area (Å²) in [5.74, 6) is 1.15. The molecular weight excluding hydrogens is 370 g/mol. The molecule has 0 atom stereocenters. The van der Waals surface area contributed by atoms with Gasteiger partial charge in [0, 0.05) is 16.5 Å². The maximum Gasteiger partial charge on any atom is 0.263 e. The summed E-state index contributed by atoms with van der Waals surface area (Å²) in [6, 6.07) is 19.6. The molecule has 5 rings (SSSR count). The van der Waals surface area contributed by atoms with Gasteiger partial charge in [-0.2, -0.15) is 0 Å². The van der Waals surface area contributed by atoms with Gasteiger partial charge in [0.25, 0.3) is 5.56 Å². The van der Waals surface area contributed by atoms with Crippen molar-refractivity contribution in [3.05, 3.63) is 94.8 Å². The molecule has 5 aromatic rings. The standard InChI is InChI=1S/C22H15N3O2S/c26-22-20-17(15-7-3-1-4-8-15)13-28-21(20)24-14-25(22)12-19-23-11-18(27-19)16-9-5-2-6-10-16/h1-11,13-14H,12H2. The van der Waals surface area contributed by atoms with E-state index in [4.69, 9.17) is 4.42 Å². The Hall–Kier alpha value is -3.51. The predicted molar refractivity (Wildman–Crippen MR) is 110 cm³/mol. The van der Waals surface area contributed by atoms with Crippen molar-refractivity contribution in [2.75, 3.05) is 0 Å². The van der Waals surface area contributed by atoms with E-state index in [0.717, 1.165) is 21.5 Å². The fourth-order valence-electron chi connectivity index (χ4n) is 3.18. The average molecular weight is 385 g/mol. The Labute approximate surface area is 164 Å². The van der Waals surface area contributed by atoms with E-state index in [2.05, 4.69) is 9.97 Å². The average Bonchev–Trinajstić information content (AvgIpc) is 3.39. The van der Waals surface area contributed by atoms with Crippen LogP contribution < -0.4 is 5.56 Å². The fourth-order valence-corrected chi connectivity index (χ4v) is 4.08. The fraction of sp³-hybridized carbons (Fsp3) is 0.0455. The number of thiophene rings is 1. The Kier molecular flexibility index (Phi) is 4.10. The molecule has 0 saturated carbocycles. The van der Waals surface area contributed by atoms with E-state index >= 15 is 0 Å². The van der Waals surface area contributed by atoms with Gasteiger partial charge in [0.05, 0.1) is 17.9 Å². The molecule has 0 bridgehead atoms. The number of rotatable bonds is 4. The monoisotopic (exact) mass is 385 g/mol. The molecule has 0 aliphatic carbocycles. The van der Waals surface area contributed by atoms with E-state index in [-0.39, 0.29) is 12.1 Å². The number of aromatic nitrogens is 3. The Morgan fingerprint density at radius 3 is 2.39 bits per heavy atom. The van der Waals surface area contributed by atoms with Crippen molar-refractivity contribution in [2.45, 2.75) is 6.54 Å². The summed E-state index contributed by atoms with van der Waals surface area (Å²) >= 11 is 1.48. The first kappa shape index (κ1) is 16.6. The molecule has 3 heterocycles. The maximum atomic E-state index is 13.1. The molecule has 6 heteroatoms. The van der Waals surface area contributed by atoms with Gasteiger partial charge in [0.15, 0.2) is 5.76 Å². The largest absolute Gasteiger partial charge is 0.439 e.